The lowest BCUT2D eigenvalue weighted by Gasteiger charge is -2.10. The molecule has 1 amide bonds. The molecule has 1 aromatic heterocycles. The van der Waals surface area contributed by atoms with Gasteiger partial charge in [-0.3, -0.25) is 9.59 Å². The van der Waals surface area contributed by atoms with E-state index in [1.54, 1.807) is 48.7 Å². The molecule has 2 aromatic carbocycles. The number of carbonyl (C=O) groups is 1. The molecule has 0 aliphatic heterocycles. The van der Waals surface area contributed by atoms with Crippen molar-refractivity contribution < 1.29 is 9.18 Å². The first-order valence-corrected chi connectivity index (χ1v) is 7.92. The quantitative estimate of drug-likeness (QED) is 0.769. The summed E-state index contributed by atoms with van der Waals surface area (Å²) in [5.74, 6) is -0.926. The fraction of sp³-hybridized carbons (Fsp3) is 0.0526. The van der Waals surface area contributed by atoms with Crippen LogP contribution >= 0.6 is 11.6 Å². The number of halogens is 2. The predicted molar refractivity (Wildman–Crippen MR) is 95.6 cm³/mol. The zero-order valence-corrected chi connectivity index (χ0v) is 13.8. The molecule has 4 nitrogen and oxygen atoms in total. The second-order valence-corrected chi connectivity index (χ2v) is 5.83. The molecule has 0 atom stereocenters. The van der Waals surface area contributed by atoms with Crippen LogP contribution in [-0.4, -0.2) is 10.5 Å². The molecule has 1 N–H and O–H groups in total. The van der Waals surface area contributed by atoms with Gasteiger partial charge in [0.1, 0.15) is 11.4 Å². The molecule has 0 spiro atoms. The Balaban J connectivity index is 1.87. The number of hydrogen-bond donors (Lipinski definition) is 1. The van der Waals surface area contributed by atoms with Gasteiger partial charge in [-0.2, -0.15) is 0 Å². The minimum Gasteiger partial charge on any atom is -0.320 e. The fourth-order valence-electron chi connectivity index (χ4n) is 2.42. The van der Waals surface area contributed by atoms with E-state index >= 15 is 0 Å². The van der Waals surface area contributed by atoms with Crippen LogP contribution in [0.3, 0.4) is 0 Å². The molecule has 25 heavy (non-hydrogen) atoms. The third-order valence-corrected chi connectivity index (χ3v) is 3.96. The van der Waals surface area contributed by atoms with E-state index in [0.29, 0.717) is 16.3 Å². The van der Waals surface area contributed by atoms with Crippen molar-refractivity contribution >= 4 is 23.2 Å². The SMILES string of the molecule is O=C(Nc1ccccc1Cl)c1cccn(Cc2cccc(F)c2)c1=O. The van der Waals surface area contributed by atoms with Gasteiger partial charge >= 0.3 is 0 Å². The monoisotopic (exact) mass is 356 g/mol. The van der Waals surface area contributed by atoms with E-state index in [0.717, 1.165) is 0 Å². The van der Waals surface area contributed by atoms with Crippen molar-refractivity contribution in [3.63, 3.8) is 0 Å². The van der Waals surface area contributed by atoms with E-state index in [9.17, 15) is 14.0 Å². The molecule has 0 aliphatic rings. The van der Waals surface area contributed by atoms with Crippen molar-refractivity contribution in [3.05, 3.63) is 99.2 Å². The van der Waals surface area contributed by atoms with Crippen LogP contribution in [0.2, 0.25) is 5.02 Å². The van der Waals surface area contributed by atoms with Gasteiger partial charge in [-0.15, -0.1) is 0 Å². The Labute approximate surface area is 148 Å². The maximum Gasteiger partial charge on any atom is 0.263 e. The van der Waals surface area contributed by atoms with Gasteiger partial charge < -0.3 is 9.88 Å². The highest BCUT2D eigenvalue weighted by Crippen LogP contribution is 2.20. The summed E-state index contributed by atoms with van der Waals surface area (Å²) in [6.07, 6.45) is 1.56. The lowest BCUT2D eigenvalue weighted by atomic mass is 10.2. The molecule has 0 aliphatic carbocycles. The van der Waals surface area contributed by atoms with Gasteiger partial charge in [-0.1, -0.05) is 35.9 Å². The minimum absolute atomic E-state index is 0.0150. The van der Waals surface area contributed by atoms with Crippen LogP contribution in [0.4, 0.5) is 10.1 Å². The maximum absolute atomic E-state index is 13.3. The van der Waals surface area contributed by atoms with Gasteiger partial charge in [-0.25, -0.2) is 4.39 Å². The summed E-state index contributed by atoms with van der Waals surface area (Å²) in [4.78, 5) is 25.0. The van der Waals surface area contributed by atoms with E-state index in [1.807, 2.05) is 0 Å². The number of aromatic nitrogens is 1. The number of anilines is 1. The van der Waals surface area contributed by atoms with Gasteiger partial charge in [0.15, 0.2) is 0 Å². The third-order valence-electron chi connectivity index (χ3n) is 3.63. The molecule has 0 bridgehead atoms. The Morgan fingerprint density at radius 1 is 1.08 bits per heavy atom. The number of carbonyl (C=O) groups excluding carboxylic acids is 1. The second kappa shape index (κ2) is 7.32. The average Bonchev–Trinajstić information content (AvgIpc) is 2.59. The Kier molecular flexibility index (Phi) is 4.95. The lowest BCUT2D eigenvalue weighted by Crippen LogP contribution is -2.29. The van der Waals surface area contributed by atoms with E-state index in [1.165, 1.54) is 22.8 Å². The number of nitrogens with one attached hydrogen (secondary N) is 1. The first-order chi connectivity index (χ1) is 12.0. The topological polar surface area (TPSA) is 51.1 Å². The minimum atomic E-state index is -0.549. The van der Waals surface area contributed by atoms with Gasteiger partial charge in [0.25, 0.3) is 11.5 Å². The van der Waals surface area contributed by atoms with Crippen LogP contribution in [0, 0.1) is 5.82 Å². The molecule has 0 saturated heterocycles. The van der Waals surface area contributed by atoms with Crippen molar-refractivity contribution in [2.75, 3.05) is 5.32 Å². The van der Waals surface area contributed by atoms with Crippen molar-refractivity contribution in [2.45, 2.75) is 6.54 Å². The van der Waals surface area contributed by atoms with Crippen LogP contribution in [0.25, 0.3) is 0 Å². The second-order valence-electron chi connectivity index (χ2n) is 5.42. The summed E-state index contributed by atoms with van der Waals surface area (Å²) >= 11 is 6.02. The van der Waals surface area contributed by atoms with Crippen molar-refractivity contribution in [1.29, 1.82) is 0 Å². The first-order valence-electron chi connectivity index (χ1n) is 7.54. The highest BCUT2D eigenvalue weighted by Gasteiger charge is 2.13. The predicted octanol–water partition coefficient (Wildman–Crippen LogP) is 3.94. The standard InChI is InChI=1S/C19H14ClFN2O2/c20-16-8-1-2-9-17(16)22-18(24)15-7-4-10-23(19(15)25)12-13-5-3-6-14(21)11-13/h1-11H,12H2,(H,22,24). The summed E-state index contributed by atoms with van der Waals surface area (Å²) < 4.78 is 14.7. The van der Waals surface area contributed by atoms with Crippen LogP contribution in [0.5, 0.6) is 0 Å². The fourth-order valence-corrected chi connectivity index (χ4v) is 2.60. The van der Waals surface area contributed by atoms with Gasteiger partial charge in [0.05, 0.1) is 17.3 Å². The molecule has 6 heteroatoms. The molecular weight excluding hydrogens is 343 g/mol. The zero-order valence-electron chi connectivity index (χ0n) is 13.1. The summed E-state index contributed by atoms with van der Waals surface area (Å²) in [7, 11) is 0. The summed E-state index contributed by atoms with van der Waals surface area (Å²) in [6, 6.07) is 15.8. The molecular formula is C19H14ClFN2O2. The molecule has 0 radical (unpaired) electrons. The average molecular weight is 357 g/mol. The Hall–Kier alpha value is -2.92. The Bertz CT molecular complexity index is 985. The summed E-state index contributed by atoms with van der Waals surface area (Å²) in [5, 5.41) is 3.00. The molecule has 3 rings (SSSR count). The number of nitrogens with zero attached hydrogens (tertiary/aromatic N) is 1. The van der Waals surface area contributed by atoms with E-state index in [2.05, 4.69) is 5.32 Å². The van der Waals surface area contributed by atoms with Gasteiger partial charge in [0.2, 0.25) is 0 Å². The molecule has 0 unspecified atom stereocenters. The number of pyridine rings is 1. The summed E-state index contributed by atoms with van der Waals surface area (Å²) in [5.41, 5.74) is 0.579. The maximum atomic E-state index is 13.3. The number of amides is 1. The smallest absolute Gasteiger partial charge is 0.263 e. The van der Waals surface area contributed by atoms with Crippen LogP contribution in [-0.2, 0) is 6.54 Å². The number of rotatable bonds is 4. The van der Waals surface area contributed by atoms with Crippen molar-refractivity contribution in [3.8, 4) is 0 Å². The van der Waals surface area contributed by atoms with E-state index in [-0.39, 0.29) is 17.9 Å². The van der Waals surface area contributed by atoms with Gasteiger partial charge in [0, 0.05) is 6.20 Å². The first kappa shape index (κ1) is 16.9. The number of para-hydroxylation sites is 1. The molecule has 126 valence electrons. The van der Waals surface area contributed by atoms with Crippen LogP contribution in [0.1, 0.15) is 15.9 Å². The van der Waals surface area contributed by atoms with Crippen LogP contribution < -0.4 is 10.9 Å². The normalized spacial score (nSPS) is 10.5. The third kappa shape index (κ3) is 3.95. The largest absolute Gasteiger partial charge is 0.320 e. The van der Waals surface area contributed by atoms with Crippen molar-refractivity contribution in [2.24, 2.45) is 0 Å². The van der Waals surface area contributed by atoms with Gasteiger partial charge in [-0.05, 0) is 42.0 Å². The highest BCUT2D eigenvalue weighted by molar-refractivity contribution is 6.33. The zero-order chi connectivity index (χ0) is 17.8. The highest BCUT2D eigenvalue weighted by atomic mass is 35.5. The molecule has 1 heterocycles. The molecule has 0 fully saturated rings. The van der Waals surface area contributed by atoms with E-state index < -0.39 is 11.5 Å². The number of benzene rings is 2. The van der Waals surface area contributed by atoms with Crippen LogP contribution in [0.15, 0.2) is 71.7 Å². The molecule has 3 aromatic rings. The Morgan fingerprint density at radius 2 is 1.88 bits per heavy atom. The van der Waals surface area contributed by atoms with E-state index in [4.69, 9.17) is 11.6 Å². The Morgan fingerprint density at radius 3 is 2.64 bits per heavy atom. The van der Waals surface area contributed by atoms with Crippen molar-refractivity contribution in [1.82, 2.24) is 4.57 Å². The number of hydrogen-bond acceptors (Lipinski definition) is 2. The molecule has 0 saturated carbocycles. The lowest BCUT2D eigenvalue weighted by molar-refractivity contribution is 0.102. The summed E-state index contributed by atoms with van der Waals surface area (Å²) in [6.45, 7) is 0.170.